The Labute approximate surface area is 177 Å². The first kappa shape index (κ1) is 19.8. The van der Waals surface area contributed by atoms with Gasteiger partial charge in [-0.05, 0) is 49.4 Å². The van der Waals surface area contributed by atoms with Gasteiger partial charge in [0.2, 0.25) is 6.79 Å². The molecule has 2 fully saturated rings. The molecule has 6 heteroatoms. The van der Waals surface area contributed by atoms with Crippen LogP contribution in [0.5, 0.6) is 11.5 Å². The summed E-state index contributed by atoms with van der Waals surface area (Å²) in [5, 5.41) is 11.3. The van der Waals surface area contributed by atoms with Crippen LogP contribution in [-0.4, -0.2) is 53.9 Å². The standard InChI is InChI=1S/C24H29FN2O3/c25-21-4-2-1-3-18(21)16-26-11-13-27(14-12-26)20-7-9-24(28,10-8-20)19-5-6-22-23(15-19)30-17-29-22/h1-6,15,20,28H,7-14,16-17H2. The summed E-state index contributed by atoms with van der Waals surface area (Å²) in [6.07, 6.45) is 3.48. The van der Waals surface area contributed by atoms with E-state index in [0.29, 0.717) is 12.6 Å². The van der Waals surface area contributed by atoms with Crippen molar-refractivity contribution < 1.29 is 19.0 Å². The van der Waals surface area contributed by atoms with Crippen molar-refractivity contribution in [2.45, 2.75) is 43.9 Å². The smallest absolute Gasteiger partial charge is 0.231 e. The van der Waals surface area contributed by atoms with Crippen molar-refractivity contribution in [3.8, 4) is 11.5 Å². The fourth-order valence-electron chi connectivity index (χ4n) is 5.07. The SMILES string of the molecule is OC1(c2ccc3c(c2)OCO3)CCC(N2CCN(Cc3ccccc3F)CC2)CC1. The normalized spacial score (nSPS) is 27.3. The average Bonchev–Trinajstić information content (AvgIpc) is 3.25. The number of rotatable bonds is 4. The quantitative estimate of drug-likeness (QED) is 0.833. The first-order valence-corrected chi connectivity index (χ1v) is 10.9. The number of hydrogen-bond donors (Lipinski definition) is 1. The summed E-state index contributed by atoms with van der Waals surface area (Å²) in [4.78, 5) is 4.89. The lowest BCUT2D eigenvalue weighted by atomic mass is 9.77. The van der Waals surface area contributed by atoms with Gasteiger partial charge >= 0.3 is 0 Å². The molecule has 160 valence electrons. The molecule has 0 spiro atoms. The summed E-state index contributed by atoms with van der Waals surface area (Å²) in [5.41, 5.74) is 0.918. The topological polar surface area (TPSA) is 45.2 Å². The maximum absolute atomic E-state index is 13.9. The molecule has 1 saturated carbocycles. The van der Waals surface area contributed by atoms with Crippen LogP contribution >= 0.6 is 0 Å². The second-order valence-electron chi connectivity index (χ2n) is 8.73. The zero-order valence-electron chi connectivity index (χ0n) is 17.2. The second-order valence-corrected chi connectivity index (χ2v) is 8.73. The van der Waals surface area contributed by atoms with Gasteiger partial charge in [0, 0.05) is 44.3 Å². The van der Waals surface area contributed by atoms with Crippen molar-refractivity contribution in [1.82, 2.24) is 9.80 Å². The van der Waals surface area contributed by atoms with Crippen LogP contribution in [0, 0.1) is 5.82 Å². The van der Waals surface area contributed by atoms with Gasteiger partial charge < -0.3 is 14.6 Å². The molecule has 0 unspecified atom stereocenters. The minimum absolute atomic E-state index is 0.116. The molecule has 0 aromatic heterocycles. The molecule has 3 aliphatic rings. The van der Waals surface area contributed by atoms with Crippen molar-refractivity contribution in [3.05, 3.63) is 59.4 Å². The predicted octanol–water partition coefficient (Wildman–Crippen LogP) is 3.50. The number of nitrogens with zero attached hydrogens (tertiary/aromatic N) is 2. The highest BCUT2D eigenvalue weighted by Gasteiger charge is 2.38. The summed E-state index contributed by atoms with van der Waals surface area (Å²) in [6, 6.07) is 13.4. The zero-order chi connectivity index (χ0) is 20.6. The Hall–Kier alpha value is -2.15. The van der Waals surface area contributed by atoms with Gasteiger partial charge in [0.15, 0.2) is 11.5 Å². The highest BCUT2D eigenvalue weighted by Crippen LogP contribution is 2.42. The van der Waals surface area contributed by atoms with Gasteiger partial charge in [0.25, 0.3) is 0 Å². The Bertz CT molecular complexity index is 890. The molecule has 2 aliphatic heterocycles. The van der Waals surface area contributed by atoms with Gasteiger partial charge in [-0.2, -0.15) is 0 Å². The van der Waals surface area contributed by atoms with Crippen LogP contribution in [0.15, 0.2) is 42.5 Å². The van der Waals surface area contributed by atoms with Gasteiger partial charge in [-0.25, -0.2) is 4.39 Å². The van der Waals surface area contributed by atoms with Gasteiger partial charge in [-0.15, -0.1) is 0 Å². The highest BCUT2D eigenvalue weighted by atomic mass is 19.1. The molecule has 2 aromatic rings. The lowest BCUT2D eigenvalue weighted by molar-refractivity contribution is -0.0321. The van der Waals surface area contributed by atoms with Crippen LogP contribution in [0.3, 0.4) is 0 Å². The Morgan fingerprint density at radius 1 is 0.967 bits per heavy atom. The van der Waals surface area contributed by atoms with Gasteiger partial charge in [-0.3, -0.25) is 9.80 Å². The molecule has 2 heterocycles. The molecule has 30 heavy (non-hydrogen) atoms. The van der Waals surface area contributed by atoms with E-state index < -0.39 is 5.60 Å². The Morgan fingerprint density at radius 2 is 1.70 bits per heavy atom. The molecular formula is C24H29FN2O3. The number of fused-ring (bicyclic) bond motifs is 1. The zero-order valence-corrected chi connectivity index (χ0v) is 17.2. The van der Waals surface area contributed by atoms with E-state index in [1.807, 2.05) is 30.3 Å². The van der Waals surface area contributed by atoms with Gasteiger partial charge in [-0.1, -0.05) is 24.3 Å². The first-order valence-electron chi connectivity index (χ1n) is 10.9. The van der Waals surface area contributed by atoms with Crippen molar-refractivity contribution in [2.24, 2.45) is 0 Å². The van der Waals surface area contributed by atoms with Crippen molar-refractivity contribution >= 4 is 0 Å². The third kappa shape index (κ3) is 3.92. The van der Waals surface area contributed by atoms with Crippen LogP contribution in [-0.2, 0) is 12.1 Å². The number of ether oxygens (including phenoxy) is 2. The molecule has 1 N–H and O–H groups in total. The predicted molar refractivity (Wildman–Crippen MR) is 112 cm³/mol. The summed E-state index contributed by atoms with van der Waals surface area (Å²) in [6.45, 7) is 4.84. The molecule has 1 saturated heterocycles. The molecule has 0 atom stereocenters. The first-order chi connectivity index (χ1) is 14.6. The molecule has 2 aromatic carbocycles. The van der Waals surface area contributed by atoms with E-state index in [2.05, 4.69) is 9.80 Å². The van der Waals surface area contributed by atoms with Crippen LogP contribution in [0.4, 0.5) is 4.39 Å². The summed E-state index contributed by atoms with van der Waals surface area (Å²) < 4.78 is 24.8. The minimum Gasteiger partial charge on any atom is -0.454 e. The fraction of sp³-hybridized carbons (Fsp3) is 0.500. The maximum atomic E-state index is 13.9. The monoisotopic (exact) mass is 412 g/mol. The van der Waals surface area contributed by atoms with E-state index in [4.69, 9.17) is 9.47 Å². The van der Waals surface area contributed by atoms with E-state index in [9.17, 15) is 9.50 Å². The molecule has 1 aliphatic carbocycles. The largest absolute Gasteiger partial charge is 0.454 e. The third-order valence-electron chi connectivity index (χ3n) is 6.97. The second kappa shape index (κ2) is 8.17. The number of aliphatic hydroxyl groups is 1. The van der Waals surface area contributed by atoms with Crippen molar-refractivity contribution in [2.75, 3.05) is 33.0 Å². The lowest BCUT2D eigenvalue weighted by Crippen LogP contribution is -2.51. The molecule has 0 amide bonds. The third-order valence-corrected chi connectivity index (χ3v) is 6.97. The molecule has 5 nitrogen and oxygen atoms in total. The van der Waals surface area contributed by atoms with E-state index in [-0.39, 0.29) is 12.6 Å². The van der Waals surface area contributed by atoms with Crippen LogP contribution < -0.4 is 9.47 Å². The average molecular weight is 413 g/mol. The number of halogens is 1. The Morgan fingerprint density at radius 3 is 2.47 bits per heavy atom. The molecule has 0 bridgehead atoms. The van der Waals surface area contributed by atoms with E-state index in [1.54, 1.807) is 6.07 Å². The summed E-state index contributed by atoms with van der Waals surface area (Å²) in [7, 11) is 0. The summed E-state index contributed by atoms with van der Waals surface area (Å²) in [5.74, 6) is 1.37. The Balaban J connectivity index is 1.14. The van der Waals surface area contributed by atoms with E-state index in [1.165, 1.54) is 6.07 Å². The van der Waals surface area contributed by atoms with Crippen molar-refractivity contribution in [1.29, 1.82) is 0 Å². The highest BCUT2D eigenvalue weighted by molar-refractivity contribution is 5.46. The number of hydrogen-bond acceptors (Lipinski definition) is 5. The molecular weight excluding hydrogens is 383 g/mol. The maximum Gasteiger partial charge on any atom is 0.231 e. The van der Waals surface area contributed by atoms with Crippen LogP contribution in [0.2, 0.25) is 0 Å². The Kier molecular flexibility index (Phi) is 5.39. The fourth-order valence-corrected chi connectivity index (χ4v) is 5.07. The molecule has 5 rings (SSSR count). The summed E-state index contributed by atoms with van der Waals surface area (Å²) >= 11 is 0. The van der Waals surface area contributed by atoms with Gasteiger partial charge in [0.1, 0.15) is 5.82 Å². The van der Waals surface area contributed by atoms with E-state index >= 15 is 0 Å². The van der Waals surface area contributed by atoms with Gasteiger partial charge in [0.05, 0.1) is 5.60 Å². The number of benzene rings is 2. The van der Waals surface area contributed by atoms with E-state index in [0.717, 1.165) is 74.5 Å². The van der Waals surface area contributed by atoms with Crippen LogP contribution in [0.25, 0.3) is 0 Å². The number of piperazine rings is 1. The van der Waals surface area contributed by atoms with Crippen LogP contribution in [0.1, 0.15) is 36.8 Å². The lowest BCUT2D eigenvalue weighted by Gasteiger charge is -2.44. The molecule has 0 radical (unpaired) electrons. The van der Waals surface area contributed by atoms with Crippen molar-refractivity contribution in [3.63, 3.8) is 0 Å². The minimum atomic E-state index is -0.788.